The number of carboxylic acid groups (broad SMARTS) is 1. The van der Waals surface area contributed by atoms with Gasteiger partial charge in [-0.1, -0.05) is 17.7 Å². The molecule has 3 nitrogen and oxygen atoms in total. The van der Waals surface area contributed by atoms with Crippen LogP contribution in [0.5, 0.6) is 0 Å². The van der Waals surface area contributed by atoms with Crippen molar-refractivity contribution in [3.05, 3.63) is 29.8 Å². The summed E-state index contributed by atoms with van der Waals surface area (Å²) in [7, 11) is 0. The Morgan fingerprint density at radius 3 is 2.53 bits per heavy atom. The number of hydrogen-bond donors (Lipinski definition) is 1. The summed E-state index contributed by atoms with van der Waals surface area (Å²) >= 11 is 0. The molecule has 3 heteroatoms. The molecule has 1 atom stereocenters. The minimum absolute atomic E-state index is 0.0215. The van der Waals surface area contributed by atoms with Crippen molar-refractivity contribution in [1.82, 2.24) is 0 Å². The highest BCUT2D eigenvalue weighted by Gasteiger charge is 2.35. The number of aliphatic carboxylic acids is 1. The molecule has 0 bridgehead atoms. The first-order valence-corrected chi connectivity index (χ1v) is 6.94. The lowest BCUT2D eigenvalue weighted by molar-refractivity contribution is -0.138. The van der Waals surface area contributed by atoms with Crippen LogP contribution >= 0.6 is 0 Å². The SMILES string of the molecule is Cc1ccc(N2CCC(CC(=O)O)CC2(C)C)cc1. The van der Waals surface area contributed by atoms with E-state index in [0.717, 1.165) is 19.4 Å². The van der Waals surface area contributed by atoms with Crippen molar-refractivity contribution < 1.29 is 9.90 Å². The molecule has 1 N–H and O–H groups in total. The molecule has 1 aliphatic rings. The first kappa shape index (κ1) is 13.9. The van der Waals surface area contributed by atoms with Gasteiger partial charge in [0.1, 0.15) is 0 Å². The van der Waals surface area contributed by atoms with Crippen molar-refractivity contribution >= 4 is 11.7 Å². The zero-order chi connectivity index (χ0) is 14.0. The Labute approximate surface area is 115 Å². The number of carboxylic acids is 1. The van der Waals surface area contributed by atoms with E-state index in [-0.39, 0.29) is 5.54 Å². The smallest absolute Gasteiger partial charge is 0.303 e. The van der Waals surface area contributed by atoms with E-state index in [9.17, 15) is 4.79 Å². The van der Waals surface area contributed by atoms with Gasteiger partial charge in [0.05, 0.1) is 0 Å². The molecule has 1 heterocycles. The van der Waals surface area contributed by atoms with Crippen LogP contribution < -0.4 is 4.90 Å². The molecule has 0 saturated carbocycles. The predicted molar refractivity (Wildman–Crippen MR) is 77.6 cm³/mol. The van der Waals surface area contributed by atoms with Crippen LogP contribution in [0.2, 0.25) is 0 Å². The monoisotopic (exact) mass is 261 g/mol. The molecule has 0 radical (unpaired) electrons. The fourth-order valence-corrected chi connectivity index (χ4v) is 3.16. The molecule has 1 aromatic rings. The zero-order valence-electron chi connectivity index (χ0n) is 12.0. The fourth-order valence-electron chi connectivity index (χ4n) is 3.16. The summed E-state index contributed by atoms with van der Waals surface area (Å²) in [6.45, 7) is 7.45. The van der Waals surface area contributed by atoms with Gasteiger partial charge in [0.25, 0.3) is 0 Å². The average molecular weight is 261 g/mol. The molecule has 0 amide bonds. The topological polar surface area (TPSA) is 40.5 Å². The summed E-state index contributed by atoms with van der Waals surface area (Å²) in [5, 5.41) is 8.94. The normalized spacial score (nSPS) is 22.3. The number of hydrogen-bond acceptors (Lipinski definition) is 2. The van der Waals surface area contributed by atoms with Crippen molar-refractivity contribution in [2.24, 2.45) is 5.92 Å². The first-order valence-electron chi connectivity index (χ1n) is 6.94. The Morgan fingerprint density at radius 2 is 2.00 bits per heavy atom. The Bertz CT molecular complexity index is 450. The molecule has 1 aromatic carbocycles. The van der Waals surface area contributed by atoms with E-state index >= 15 is 0 Å². The lowest BCUT2D eigenvalue weighted by atomic mass is 9.80. The number of anilines is 1. The predicted octanol–water partition coefficient (Wildman–Crippen LogP) is 3.46. The lowest BCUT2D eigenvalue weighted by Crippen LogP contribution is -2.50. The summed E-state index contributed by atoms with van der Waals surface area (Å²) in [6, 6.07) is 8.59. The summed E-state index contributed by atoms with van der Waals surface area (Å²) in [5.41, 5.74) is 2.53. The second-order valence-electron chi connectivity index (χ2n) is 6.26. The molecular weight excluding hydrogens is 238 g/mol. The van der Waals surface area contributed by atoms with Gasteiger partial charge in [-0.25, -0.2) is 0 Å². The maximum Gasteiger partial charge on any atom is 0.303 e. The minimum Gasteiger partial charge on any atom is -0.481 e. The molecule has 1 fully saturated rings. The molecule has 0 spiro atoms. The minimum atomic E-state index is -0.676. The Morgan fingerprint density at radius 1 is 1.37 bits per heavy atom. The van der Waals surface area contributed by atoms with Gasteiger partial charge in [0, 0.05) is 24.2 Å². The van der Waals surface area contributed by atoms with Gasteiger partial charge >= 0.3 is 5.97 Å². The van der Waals surface area contributed by atoms with Gasteiger partial charge in [-0.3, -0.25) is 4.79 Å². The van der Waals surface area contributed by atoms with Crippen LogP contribution in [0.15, 0.2) is 24.3 Å². The van der Waals surface area contributed by atoms with Gasteiger partial charge in [0.2, 0.25) is 0 Å². The quantitative estimate of drug-likeness (QED) is 0.905. The van der Waals surface area contributed by atoms with Crippen LogP contribution in [0.1, 0.15) is 38.7 Å². The summed E-state index contributed by atoms with van der Waals surface area (Å²) in [4.78, 5) is 13.3. The molecule has 1 unspecified atom stereocenters. The molecule has 0 aromatic heterocycles. The second kappa shape index (κ2) is 5.24. The van der Waals surface area contributed by atoms with Gasteiger partial charge in [-0.05, 0) is 51.7 Å². The van der Waals surface area contributed by atoms with Crippen molar-refractivity contribution in [1.29, 1.82) is 0 Å². The van der Waals surface area contributed by atoms with E-state index in [0.29, 0.717) is 12.3 Å². The van der Waals surface area contributed by atoms with E-state index in [4.69, 9.17) is 5.11 Å². The van der Waals surface area contributed by atoms with Gasteiger partial charge in [-0.2, -0.15) is 0 Å². The zero-order valence-corrected chi connectivity index (χ0v) is 12.0. The highest BCUT2D eigenvalue weighted by molar-refractivity contribution is 5.67. The Balaban J connectivity index is 2.12. The molecular formula is C16H23NO2. The van der Waals surface area contributed by atoms with E-state index < -0.39 is 5.97 Å². The highest BCUT2D eigenvalue weighted by atomic mass is 16.4. The van der Waals surface area contributed by atoms with Crippen molar-refractivity contribution in [2.45, 2.75) is 45.6 Å². The largest absolute Gasteiger partial charge is 0.481 e. The first-order chi connectivity index (χ1) is 8.88. The van der Waals surface area contributed by atoms with Crippen LogP contribution in [-0.2, 0) is 4.79 Å². The average Bonchev–Trinajstić information content (AvgIpc) is 2.29. The summed E-state index contributed by atoms with van der Waals surface area (Å²) < 4.78 is 0. The van der Waals surface area contributed by atoms with E-state index in [1.807, 2.05) is 0 Å². The highest BCUT2D eigenvalue weighted by Crippen LogP contribution is 2.36. The number of benzene rings is 1. The standard InChI is InChI=1S/C16H23NO2/c1-12-4-6-14(7-5-12)17-9-8-13(10-15(18)19)11-16(17,2)3/h4-7,13H,8-11H2,1-3H3,(H,18,19). The lowest BCUT2D eigenvalue weighted by Gasteiger charge is -2.47. The molecule has 1 aliphatic heterocycles. The maximum absolute atomic E-state index is 10.9. The van der Waals surface area contributed by atoms with Crippen LogP contribution in [0, 0.1) is 12.8 Å². The van der Waals surface area contributed by atoms with Crippen LogP contribution in [0.3, 0.4) is 0 Å². The van der Waals surface area contributed by atoms with Crippen LogP contribution in [-0.4, -0.2) is 23.2 Å². The van der Waals surface area contributed by atoms with Crippen LogP contribution in [0.25, 0.3) is 0 Å². The molecule has 1 saturated heterocycles. The van der Waals surface area contributed by atoms with Crippen molar-refractivity contribution in [3.63, 3.8) is 0 Å². The van der Waals surface area contributed by atoms with Crippen LogP contribution in [0.4, 0.5) is 5.69 Å². The third kappa shape index (κ3) is 3.28. The number of rotatable bonds is 3. The number of nitrogens with zero attached hydrogens (tertiary/aromatic N) is 1. The molecule has 19 heavy (non-hydrogen) atoms. The third-order valence-corrected chi connectivity index (χ3v) is 4.09. The van der Waals surface area contributed by atoms with Crippen molar-refractivity contribution in [2.75, 3.05) is 11.4 Å². The summed E-state index contributed by atoms with van der Waals surface area (Å²) in [5.74, 6) is -0.376. The van der Waals surface area contributed by atoms with E-state index in [2.05, 4.69) is 49.9 Å². The van der Waals surface area contributed by atoms with Gasteiger partial charge in [-0.15, -0.1) is 0 Å². The number of piperidine rings is 1. The Hall–Kier alpha value is -1.51. The van der Waals surface area contributed by atoms with Gasteiger partial charge in [0.15, 0.2) is 0 Å². The van der Waals surface area contributed by atoms with E-state index in [1.54, 1.807) is 0 Å². The second-order valence-corrected chi connectivity index (χ2v) is 6.26. The number of carbonyl (C=O) groups is 1. The maximum atomic E-state index is 10.9. The van der Waals surface area contributed by atoms with Crippen molar-refractivity contribution in [3.8, 4) is 0 Å². The van der Waals surface area contributed by atoms with Gasteiger partial charge < -0.3 is 10.0 Å². The summed E-state index contributed by atoms with van der Waals surface area (Å²) in [6.07, 6.45) is 2.20. The fraction of sp³-hybridized carbons (Fsp3) is 0.562. The number of aryl methyl sites for hydroxylation is 1. The third-order valence-electron chi connectivity index (χ3n) is 4.09. The molecule has 104 valence electrons. The molecule has 2 rings (SSSR count). The van der Waals surface area contributed by atoms with E-state index in [1.165, 1.54) is 11.3 Å². The Kier molecular flexibility index (Phi) is 3.83. The molecule has 0 aliphatic carbocycles.